The number of nitrogens with zero attached hydrogens (tertiary/aromatic N) is 3. The van der Waals surface area contributed by atoms with Crippen molar-refractivity contribution < 1.29 is 5.11 Å². The predicted molar refractivity (Wildman–Crippen MR) is 97.8 cm³/mol. The summed E-state index contributed by atoms with van der Waals surface area (Å²) >= 11 is 0. The molecule has 1 aromatic heterocycles. The number of rotatable bonds is 7. The number of aliphatic imine (C=N–C) groups is 1. The number of amidine groups is 1. The van der Waals surface area contributed by atoms with Crippen molar-refractivity contribution >= 4 is 22.8 Å². The van der Waals surface area contributed by atoms with E-state index in [0.717, 1.165) is 25.2 Å². The Kier molecular flexibility index (Phi) is 5.99. The number of hydrogen-bond donors (Lipinski definition) is 3. The Bertz CT molecular complexity index is 793. The number of fused-ring (bicyclic) bond motifs is 1. The first-order valence-corrected chi connectivity index (χ1v) is 8.04. The molecule has 1 heterocycles. The van der Waals surface area contributed by atoms with Crippen molar-refractivity contribution in [3.05, 3.63) is 35.5 Å². The number of aromatic hydroxyl groups is 1. The first kappa shape index (κ1) is 17.6. The van der Waals surface area contributed by atoms with Crippen LogP contribution in [0.15, 0.2) is 34.8 Å². The molecular formula is C18H23N5O. The van der Waals surface area contributed by atoms with Gasteiger partial charge in [-0.25, -0.2) is 0 Å². The number of nitriles is 1. The van der Waals surface area contributed by atoms with Crippen LogP contribution in [0.3, 0.4) is 0 Å². The highest BCUT2D eigenvalue weighted by atomic mass is 16.3. The van der Waals surface area contributed by atoms with Crippen molar-refractivity contribution in [3.63, 3.8) is 0 Å². The van der Waals surface area contributed by atoms with Gasteiger partial charge in [0.1, 0.15) is 17.7 Å². The molecule has 0 aliphatic carbocycles. The Morgan fingerprint density at radius 2 is 2.08 bits per heavy atom. The summed E-state index contributed by atoms with van der Waals surface area (Å²) in [5, 5.41) is 20.3. The number of likely N-dealkylation sites (N-methyl/N-ethyl adjacent to an activating group) is 1. The summed E-state index contributed by atoms with van der Waals surface area (Å²) in [5.41, 5.74) is 7.42. The second-order valence-corrected chi connectivity index (χ2v) is 5.40. The molecule has 4 N–H and O–H groups in total. The second-order valence-electron chi connectivity index (χ2n) is 5.40. The number of para-hydroxylation sites is 1. The van der Waals surface area contributed by atoms with Gasteiger partial charge in [0.2, 0.25) is 0 Å². The van der Waals surface area contributed by atoms with Gasteiger partial charge in [0.25, 0.3) is 0 Å². The van der Waals surface area contributed by atoms with Gasteiger partial charge in [-0.15, -0.1) is 0 Å². The summed E-state index contributed by atoms with van der Waals surface area (Å²) in [4.78, 5) is 9.59. The number of nitrogens with one attached hydrogen (secondary N) is 1. The lowest BCUT2D eigenvalue weighted by Crippen LogP contribution is -2.26. The van der Waals surface area contributed by atoms with Crippen LogP contribution in [-0.4, -0.2) is 47.0 Å². The van der Waals surface area contributed by atoms with Crippen molar-refractivity contribution in [3.8, 4) is 11.8 Å². The average molecular weight is 325 g/mol. The van der Waals surface area contributed by atoms with E-state index in [1.54, 1.807) is 0 Å². The van der Waals surface area contributed by atoms with Gasteiger partial charge in [-0.3, -0.25) is 4.99 Å². The molecule has 126 valence electrons. The van der Waals surface area contributed by atoms with Crippen molar-refractivity contribution in [1.82, 2.24) is 9.88 Å². The third-order valence-corrected chi connectivity index (χ3v) is 3.98. The van der Waals surface area contributed by atoms with E-state index in [-0.39, 0.29) is 17.2 Å². The zero-order valence-electron chi connectivity index (χ0n) is 14.1. The number of aromatic nitrogens is 1. The highest BCUT2D eigenvalue weighted by Gasteiger charge is 2.10. The molecule has 0 fully saturated rings. The molecule has 2 rings (SSSR count). The number of hydrogen-bond acceptors (Lipinski definition) is 4. The van der Waals surface area contributed by atoms with E-state index in [1.165, 1.54) is 6.08 Å². The number of aromatic amines is 1. The fourth-order valence-electron chi connectivity index (χ4n) is 2.50. The van der Waals surface area contributed by atoms with Gasteiger partial charge in [0.05, 0.1) is 17.8 Å². The SMILES string of the molecule is CCN(CC)CCN=C(N)/C(C#N)=C\c1[nH]c2ccccc2c1O. The Hall–Kier alpha value is -2.78. The summed E-state index contributed by atoms with van der Waals surface area (Å²) < 4.78 is 0. The molecule has 1 aromatic carbocycles. The smallest absolute Gasteiger partial charge is 0.148 e. The van der Waals surface area contributed by atoms with Gasteiger partial charge >= 0.3 is 0 Å². The van der Waals surface area contributed by atoms with Crippen LogP contribution in [0.5, 0.6) is 5.75 Å². The molecule has 0 radical (unpaired) electrons. The van der Waals surface area contributed by atoms with Crippen molar-refractivity contribution in [2.45, 2.75) is 13.8 Å². The summed E-state index contributed by atoms with van der Waals surface area (Å²) in [6.07, 6.45) is 1.53. The lowest BCUT2D eigenvalue weighted by molar-refractivity contribution is 0.313. The third-order valence-electron chi connectivity index (χ3n) is 3.98. The second kappa shape index (κ2) is 8.18. The molecule has 0 aliphatic rings. The van der Waals surface area contributed by atoms with Crippen LogP contribution in [-0.2, 0) is 0 Å². The molecule has 6 nitrogen and oxygen atoms in total. The first-order valence-electron chi connectivity index (χ1n) is 8.04. The summed E-state index contributed by atoms with van der Waals surface area (Å²) in [5.74, 6) is 0.289. The third kappa shape index (κ3) is 3.94. The van der Waals surface area contributed by atoms with Crippen LogP contribution in [0.4, 0.5) is 0 Å². The molecule has 2 aromatic rings. The van der Waals surface area contributed by atoms with E-state index in [9.17, 15) is 10.4 Å². The minimum absolute atomic E-state index is 0.106. The Morgan fingerprint density at radius 3 is 2.71 bits per heavy atom. The van der Waals surface area contributed by atoms with Crippen LogP contribution in [0, 0.1) is 11.3 Å². The van der Waals surface area contributed by atoms with Crippen LogP contribution in [0.2, 0.25) is 0 Å². The van der Waals surface area contributed by atoms with Gasteiger partial charge in [-0.05, 0) is 31.3 Å². The van der Waals surface area contributed by atoms with Crippen LogP contribution in [0.1, 0.15) is 19.5 Å². The molecule has 0 aliphatic heterocycles. The van der Waals surface area contributed by atoms with Gasteiger partial charge < -0.3 is 20.7 Å². The van der Waals surface area contributed by atoms with Gasteiger partial charge in [-0.2, -0.15) is 5.26 Å². The lowest BCUT2D eigenvalue weighted by atomic mass is 10.2. The van der Waals surface area contributed by atoms with Crippen LogP contribution < -0.4 is 5.73 Å². The molecular weight excluding hydrogens is 302 g/mol. The minimum Gasteiger partial charge on any atom is -0.505 e. The van der Waals surface area contributed by atoms with E-state index in [4.69, 9.17) is 5.73 Å². The van der Waals surface area contributed by atoms with Crippen molar-refractivity contribution in [2.75, 3.05) is 26.2 Å². The average Bonchev–Trinajstić information content (AvgIpc) is 2.92. The fraction of sp³-hybridized carbons (Fsp3) is 0.333. The molecule has 0 atom stereocenters. The number of H-pyrrole nitrogens is 1. The molecule has 0 saturated heterocycles. The molecule has 6 heteroatoms. The molecule has 0 spiro atoms. The standard InChI is InChI=1S/C18H23N5O/c1-3-23(4-2)10-9-21-18(20)13(12-19)11-16-17(24)14-7-5-6-8-15(14)22-16/h5-8,11,22,24H,3-4,9-10H2,1-2H3,(H2,20,21)/b13-11-. The van der Waals surface area contributed by atoms with Gasteiger partial charge in [0.15, 0.2) is 0 Å². The number of nitrogens with two attached hydrogens (primary N) is 1. The molecule has 0 saturated carbocycles. The zero-order valence-corrected chi connectivity index (χ0v) is 14.1. The van der Waals surface area contributed by atoms with E-state index in [1.807, 2.05) is 30.3 Å². The quantitative estimate of drug-likeness (QED) is 0.413. The highest BCUT2D eigenvalue weighted by molar-refractivity contribution is 6.05. The molecule has 0 unspecified atom stereocenters. The van der Waals surface area contributed by atoms with Crippen molar-refractivity contribution in [1.29, 1.82) is 5.26 Å². The maximum atomic E-state index is 10.3. The van der Waals surface area contributed by atoms with E-state index in [2.05, 4.69) is 28.7 Å². The molecule has 0 bridgehead atoms. The minimum atomic E-state index is 0.106. The van der Waals surface area contributed by atoms with Gasteiger partial charge in [-0.1, -0.05) is 26.0 Å². The van der Waals surface area contributed by atoms with Crippen LogP contribution in [0.25, 0.3) is 17.0 Å². The maximum absolute atomic E-state index is 10.3. The first-order chi connectivity index (χ1) is 11.6. The van der Waals surface area contributed by atoms with E-state index >= 15 is 0 Å². The van der Waals surface area contributed by atoms with E-state index in [0.29, 0.717) is 17.6 Å². The summed E-state index contributed by atoms with van der Waals surface area (Å²) in [7, 11) is 0. The lowest BCUT2D eigenvalue weighted by Gasteiger charge is -2.16. The largest absolute Gasteiger partial charge is 0.505 e. The fourth-order valence-corrected chi connectivity index (χ4v) is 2.50. The highest BCUT2D eigenvalue weighted by Crippen LogP contribution is 2.29. The molecule has 24 heavy (non-hydrogen) atoms. The zero-order chi connectivity index (χ0) is 17.5. The maximum Gasteiger partial charge on any atom is 0.148 e. The summed E-state index contributed by atoms with van der Waals surface area (Å²) in [6.45, 7) is 7.42. The normalized spacial score (nSPS) is 12.8. The number of benzene rings is 1. The Morgan fingerprint density at radius 1 is 1.38 bits per heavy atom. The van der Waals surface area contributed by atoms with Crippen LogP contribution >= 0.6 is 0 Å². The van der Waals surface area contributed by atoms with Crippen molar-refractivity contribution in [2.24, 2.45) is 10.7 Å². The summed E-state index contributed by atoms with van der Waals surface area (Å²) in [6, 6.07) is 9.44. The molecule has 0 amide bonds. The topological polar surface area (TPSA) is 101 Å². The van der Waals surface area contributed by atoms with E-state index < -0.39 is 0 Å². The van der Waals surface area contributed by atoms with Gasteiger partial charge in [0, 0.05) is 17.4 Å². The Balaban J connectivity index is 2.21. The monoisotopic (exact) mass is 325 g/mol. The Labute approximate surface area is 141 Å². The predicted octanol–water partition coefficient (Wildman–Crippen LogP) is 2.48.